The zero-order valence-electron chi connectivity index (χ0n) is 14.1. The van der Waals surface area contributed by atoms with E-state index in [0.29, 0.717) is 12.5 Å². The molecular weight excluding hydrogens is 263 g/mol. The van der Waals surface area contributed by atoms with E-state index in [1.165, 1.54) is 5.56 Å². The van der Waals surface area contributed by atoms with Gasteiger partial charge in [0, 0.05) is 29.9 Å². The first-order valence-electron chi connectivity index (χ1n) is 8.21. The van der Waals surface area contributed by atoms with Crippen molar-refractivity contribution in [2.45, 2.75) is 65.5 Å². The van der Waals surface area contributed by atoms with Gasteiger partial charge in [0.05, 0.1) is 0 Å². The van der Waals surface area contributed by atoms with Crippen molar-refractivity contribution in [2.24, 2.45) is 0 Å². The Bertz CT molecular complexity index is 496. The quantitative estimate of drug-likeness (QED) is 0.863. The number of nitrogens with one attached hydrogen (secondary N) is 1. The van der Waals surface area contributed by atoms with E-state index in [2.05, 4.69) is 44.0 Å². The maximum atomic E-state index is 14.4. The second-order valence-corrected chi connectivity index (χ2v) is 6.85. The molecule has 1 aromatic rings. The zero-order valence-corrected chi connectivity index (χ0v) is 14.1. The molecule has 0 aliphatic carbocycles. The van der Waals surface area contributed by atoms with Crippen LogP contribution in [0, 0.1) is 5.82 Å². The molecule has 0 unspecified atom stereocenters. The number of halogens is 1. The smallest absolute Gasteiger partial charge is 0.129 e. The van der Waals surface area contributed by atoms with E-state index in [9.17, 15) is 4.39 Å². The summed E-state index contributed by atoms with van der Waals surface area (Å²) in [5.74, 6) is 0.393. The minimum Gasteiger partial charge on any atom is -0.366 e. The van der Waals surface area contributed by atoms with Gasteiger partial charge in [0.15, 0.2) is 0 Å². The van der Waals surface area contributed by atoms with E-state index in [-0.39, 0.29) is 11.4 Å². The third kappa shape index (κ3) is 3.23. The molecule has 2 nitrogen and oxygen atoms in total. The molecule has 0 amide bonds. The summed E-state index contributed by atoms with van der Waals surface area (Å²) < 4.78 is 14.4. The monoisotopic (exact) mass is 292 g/mol. The van der Waals surface area contributed by atoms with Gasteiger partial charge >= 0.3 is 0 Å². The molecule has 1 aliphatic rings. The van der Waals surface area contributed by atoms with Gasteiger partial charge in [-0.2, -0.15) is 0 Å². The van der Waals surface area contributed by atoms with E-state index in [1.54, 1.807) is 6.07 Å². The lowest BCUT2D eigenvalue weighted by Crippen LogP contribution is -2.48. The first kappa shape index (κ1) is 16.3. The summed E-state index contributed by atoms with van der Waals surface area (Å²) in [7, 11) is 0. The summed E-state index contributed by atoms with van der Waals surface area (Å²) in [4.78, 5) is 2.39. The highest BCUT2D eigenvalue weighted by atomic mass is 19.1. The zero-order chi connectivity index (χ0) is 15.6. The number of fused-ring (bicyclic) bond motifs is 1. The first-order chi connectivity index (χ1) is 9.90. The Morgan fingerprint density at radius 2 is 2.05 bits per heavy atom. The molecule has 0 fully saturated rings. The van der Waals surface area contributed by atoms with Crippen molar-refractivity contribution < 1.29 is 4.39 Å². The number of hydrogen-bond donors (Lipinski definition) is 1. The summed E-state index contributed by atoms with van der Waals surface area (Å²) in [6.07, 6.45) is 2.20. The minimum absolute atomic E-state index is 0.0827. The summed E-state index contributed by atoms with van der Waals surface area (Å²) in [5.41, 5.74) is 3.28. The molecule has 1 atom stereocenters. The van der Waals surface area contributed by atoms with E-state index >= 15 is 0 Å². The van der Waals surface area contributed by atoms with Gasteiger partial charge in [-0.15, -0.1) is 0 Å². The Hall–Kier alpha value is -1.09. The second-order valence-electron chi connectivity index (χ2n) is 6.85. The third-order valence-electron chi connectivity index (χ3n) is 4.57. The van der Waals surface area contributed by atoms with E-state index < -0.39 is 0 Å². The highest BCUT2D eigenvalue weighted by Gasteiger charge is 2.36. The standard InChI is InChI=1S/C18H29FN2/c1-6-8-21-17-10-16(19)14(12-20-7-2)9-15(17)13(3)11-18(21,4)5/h9-10,13,20H,6-8,11-12H2,1-5H3/t13-/m1/s1. The van der Waals surface area contributed by atoms with Crippen molar-refractivity contribution in [1.82, 2.24) is 5.32 Å². The number of rotatable bonds is 5. The average molecular weight is 292 g/mol. The van der Waals surface area contributed by atoms with Gasteiger partial charge in [-0.05, 0) is 56.8 Å². The predicted molar refractivity (Wildman–Crippen MR) is 88.5 cm³/mol. The van der Waals surface area contributed by atoms with Crippen LogP contribution in [0.2, 0.25) is 0 Å². The van der Waals surface area contributed by atoms with Crippen LogP contribution in [0.25, 0.3) is 0 Å². The van der Waals surface area contributed by atoms with Crippen LogP contribution >= 0.6 is 0 Å². The Labute approximate surface area is 128 Å². The Morgan fingerprint density at radius 3 is 2.67 bits per heavy atom. The van der Waals surface area contributed by atoms with Crippen molar-refractivity contribution in [3.63, 3.8) is 0 Å². The van der Waals surface area contributed by atoms with Crippen molar-refractivity contribution in [2.75, 3.05) is 18.0 Å². The minimum atomic E-state index is -0.0827. The molecule has 0 aromatic heterocycles. The molecule has 0 spiro atoms. The van der Waals surface area contributed by atoms with Gasteiger partial charge in [-0.3, -0.25) is 0 Å². The summed E-state index contributed by atoms with van der Waals surface area (Å²) >= 11 is 0. The van der Waals surface area contributed by atoms with Crippen LogP contribution in [-0.2, 0) is 6.54 Å². The Kier molecular flexibility index (Phi) is 4.92. The van der Waals surface area contributed by atoms with Crippen LogP contribution in [0.3, 0.4) is 0 Å². The molecule has 118 valence electrons. The van der Waals surface area contributed by atoms with Crippen molar-refractivity contribution in [3.05, 3.63) is 29.1 Å². The molecule has 1 aromatic carbocycles. The molecule has 0 bridgehead atoms. The first-order valence-corrected chi connectivity index (χ1v) is 8.21. The van der Waals surface area contributed by atoms with Crippen LogP contribution in [0.15, 0.2) is 12.1 Å². The summed E-state index contributed by atoms with van der Waals surface area (Å²) in [5, 5.41) is 3.23. The maximum absolute atomic E-state index is 14.4. The number of anilines is 1. The number of nitrogens with zero attached hydrogens (tertiary/aromatic N) is 1. The molecule has 2 rings (SSSR count). The van der Waals surface area contributed by atoms with Gasteiger partial charge in [0.1, 0.15) is 5.82 Å². The van der Waals surface area contributed by atoms with Crippen LogP contribution in [-0.4, -0.2) is 18.6 Å². The van der Waals surface area contributed by atoms with E-state index in [4.69, 9.17) is 0 Å². The topological polar surface area (TPSA) is 15.3 Å². The lowest BCUT2D eigenvalue weighted by Gasteiger charge is -2.47. The van der Waals surface area contributed by atoms with Gasteiger partial charge in [-0.25, -0.2) is 4.39 Å². The Morgan fingerprint density at radius 1 is 1.33 bits per heavy atom. The maximum Gasteiger partial charge on any atom is 0.129 e. The summed E-state index contributed by atoms with van der Waals surface area (Å²) in [6, 6.07) is 3.84. The third-order valence-corrected chi connectivity index (χ3v) is 4.57. The number of hydrogen-bond acceptors (Lipinski definition) is 2. The molecule has 0 saturated heterocycles. The molecule has 21 heavy (non-hydrogen) atoms. The number of benzene rings is 1. The highest BCUT2D eigenvalue weighted by molar-refractivity contribution is 5.61. The van der Waals surface area contributed by atoms with Crippen molar-refractivity contribution in [1.29, 1.82) is 0 Å². The van der Waals surface area contributed by atoms with Crippen molar-refractivity contribution >= 4 is 5.69 Å². The fourth-order valence-corrected chi connectivity index (χ4v) is 3.59. The van der Waals surface area contributed by atoms with Crippen LogP contribution in [0.4, 0.5) is 10.1 Å². The molecule has 1 N–H and O–H groups in total. The van der Waals surface area contributed by atoms with Gasteiger partial charge in [0.25, 0.3) is 0 Å². The fourth-order valence-electron chi connectivity index (χ4n) is 3.59. The van der Waals surface area contributed by atoms with Gasteiger partial charge in [-0.1, -0.05) is 20.8 Å². The van der Waals surface area contributed by atoms with Crippen LogP contribution in [0.1, 0.15) is 64.5 Å². The molecular formula is C18H29FN2. The predicted octanol–water partition coefficient (Wildman–Crippen LogP) is 4.44. The molecule has 0 radical (unpaired) electrons. The van der Waals surface area contributed by atoms with E-state index in [0.717, 1.165) is 37.2 Å². The van der Waals surface area contributed by atoms with Crippen molar-refractivity contribution in [3.8, 4) is 0 Å². The lowest BCUT2D eigenvalue weighted by atomic mass is 9.79. The largest absolute Gasteiger partial charge is 0.366 e. The molecule has 3 heteroatoms. The van der Waals surface area contributed by atoms with Crippen LogP contribution in [0.5, 0.6) is 0 Å². The molecule has 1 heterocycles. The Balaban J connectivity index is 2.45. The highest BCUT2D eigenvalue weighted by Crippen LogP contribution is 2.44. The average Bonchev–Trinajstić information content (AvgIpc) is 2.41. The van der Waals surface area contributed by atoms with Gasteiger partial charge in [0.2, 0.25) is 0 Å². The lowest BCUT2D eigenvalue weighted by molar-refractivity contribution is 0.374. The second kappa shape index (κ2) is 6.35. The molecule has 0 saturated carbocycles. The summed E-state index contributed by atoms with van der Waals surface area (Å²) in [6.45, 7) is 13.5. The fraction of sp³-hybridized carbons (Fsp3) is 0.667. The molecule has 1 aliphatic heterocycles. The normalized spacial score (nSPS) is 20.5. The van der Waals surface area contributed by atoms with Gasteiger partial charge < -0.3 is 10.2 Å². The SMILES string of the molecule is CCCN1c2cc(F)c(CNCC)cc2[C@H](C)CC1(C)C. The van der Waals surface area contributed by atoms with Crippen LogP contribution < -0.4 is 10.2 Å². The van der Waals surface area contributed by atoms with E-state index in [1.807, 2.05) is 6.92 Å².